The molecule has 2 N–H and O–H groups in total. The van der Waals surface area contributed by atoms with Crippen LogP contribution in [-0.2, 0) is 0 Å². The third-order valence-corrected chi connectivity index (χ3v) is 4.50. The molecule has 0 saturated heterocycles. The van der Waals surface area contributed by atoms with Crippen LogP contribution >= 0.6 is 0 Å². The molecule has 0 bridgehead atoms. The van der Waals surface area contributed by atoms with Gasteiger partial charge < -0.3 is 15.5 Å². The summed E-state index contributed by atoms with van der Waals surface area (Å²) in [6.07, 6.45) is 2.30. The zero-order chi connectivity index (χ0) is 19.8. The number of rotatable bonds is 8. The minimum absolute atomic E-state index is 0.0566. The number of pyridine rings is 1. The van der Waals surface area contributed by atoms with Gasteiger partial charge in [-0.25, -0.2) is 0 Å². The van der Waals surface area contributed by atoms with Crippen LogP contribution in [0.2, 0.25) is 0 Å². The molecule has 0 aliphatic carbocycles. The lowest BCUT2D eigenvalue weighted by atomic mass is 10.2. The molecule has 0 radical (unpaired) electrons. The molecule has 1 aromatic carbocycles. The summed E-state index contributed by atoms with van der Waals surface area (Å²) >= 11 is 0. The van der Waals surface area contributed by atoms with Crippen LogP contribution in [0, 0.1) is 0 Å². The Balaban J connectivity index is 2.07. The van der Waals surface area contributed by atoms with Gasteiger partial charge in [0.25, 0.3) is 11.8 Å². The van der Waals surface area contributed by atoms with Gasteiger partial charge in [-0.3, -0.25) is 14.6 Å². The Hall–Kier alpha value is -2.89. The molecule has 144 valence electrons. The largest absolute Gasteiger partial charge is 0.372 e. The molecule has 2 amide bonds. The fraction of sp³-hybridized carbons (Fsp3) is 0.381. The molecule has 27 heavy (non-hydrogen) atoms. The summed E-state index contributed by atoms with van der Waals surface area (Å²) in [5.41, 5.74) is 2.45. The van der Waals surface area contributed by atoms with Gasteiger partial charge in [0, 0.05) is 42.3 Å². The highest BCUT2D eigenvalue weighted by Crippen LogP contribution is 2.18. The average molecular weight is 368 g/mol. The Morgan fingerprint density at radius 2 is 1.70 bits per heavy atom. The van der Waals surface area contributed by atoms with Crippen molar-refractivity contribution in [2.24, 2.45) is 0 Å². The van der Waals surface area contributed by atoms with Gasteiger partial charge in [0.2, 0.25) is 0 Å². The van der Waals surface area contributed by atoms with E-state index in [1.165, 1.54) is 12.3 Å². The highest BCUT2D eigenvalue weighted by Gasteiger charge is 2.13. The predicted octanol–water partition coefficient (Wildman–Crippen LogP) is 3.71. The Bertz CT molecular complexity index is 770. The van der Waals surface area contributed by atoms with Gasteiger partial charge in [-0.1, -0.05) is 6.92 Å². The van der Waals surface area contributed by atoms with Gasteiger partial charge in [0.15, 0.2) is 0 Å². The SMILES string of the molecule is CCC(C)NC(=O)c1cc(C(=O)Nc2ccc(N(CC)CC)cc2)ccn1. The molecular weight excluding hydrogens is 340 g/mol. The lowest BCUT2D eigenvalue weighted by molar-refractivity contribution is 0.0934. The minimum atomic E-state index is -0.275. The number of nitrogens with one attached hydrogen (secondary N) is 2. The summed E-state index contributed by atoms with van der Waals surface area (Å²) in [6, 6.07) is 10.9. The molecule has 2 rings (SSSR count). The molecule has 1 aromatic heterocycles. The third kappa shape index (κ3) is 5.54. The number of carbonyl (C=O) groups excluding carboxylic acids is 2. The summed E-state index contributed by atoms with van der Waals surface area (Å²) in [7, 11) is 0. The standard InChI is InChI=1S/C21H28N4O2/c1-5-15(4)23-21(27)19-14-16(12-13-22-19)20(26)24-17-8-10-18(11-9-17)25(6-2)7-3/h8-15H,5-7H2,1-4H3,(H,23,27)(H,24,26). The van der Waals surface area contributed by atoms with Crippen molar-refractivity contribution in [2.45, 2.75) is 40.2 Å². The second-order valence-electron chi connectivity index (χ2n) is 6.39. The number of amides is 2. The van der Waals surface area contributed by atoms with Crippen LogP contribution in [0.1, 0.15) is 55.0 Å². The van der Waals surface area contributed by atoms with Crippen molar-refractivity contribution in [1.82, 2.24) is 10.3 Å². The molecule has 0 fully saturated rings. The van der Waals surface area contributed by atoms with Crippen molar-refractivity contribution in [3.63, 3.8) is 0 Å². The topological polar surface area (TPSA) is 74.3 Å². The summed E-state index contributed by atoms with van der Waals surface area (Å²) in [5.74, 6) is -0.548. The second kappa shape index (κ2) is 9.71. The quantitative estimate of drug-likeness (QED) is 0.745. The Labute approximate surface area is 161 Å². The van der Waals surface area contributed by atoms with Crippen LogP contribution in [-0.4, -0.2) is 35.9 Å². The van der Waals surface area contributed by atoms with Gasteiger partial charge in [0.05, 0.1) is 0 Å². The molecule has 0 spiro atoms. The van der Waals surface area contributed by atoms with Crippen LogP contribution in [0.4, 0.5) is 11.4 Å². The summed E-state index contributed by atoms with van der Waals surface area (Å²) in [4.78, 5) is 31.0. The molecule has 0 saturated carbocycles. The van der Waals surface area contributed by atoms with Crippen molar-refractivity contribution < 1.29 is 9.59 Å². The van der Waals surface area contributed by atoms with Crippen LogP contribution < -0.4 is 15.5 Å². The maximum absolute atomic E-state index is 12.5. The first-order chi connectivity index (χ1) is 13.0. The Morgan fingerprint density at radius 1 is 1.04 bits per heavy atom. The maximum atomic E-state index is 12.5. The summed E-state index contributed by atoms with van der Waals surface area (Å²) in [6.45, 7) is 10.0. The van der Waals surface area contributed by atoms with Gasteiger partial charge >= 0.3 is 0 Å². The monoisotopic (exact) mass is 368 g/mol. The molecular formula is C21H28N4O2. The molecule has 2 aromatic rings. The number of anilines is 2. The van der Waals surface area contributed by atoms with Crippen LogP contribution in [0.15, 0.2) is 42.6 Å². The van der Waals surface area contributed by atoms with E-state index in [1.807, 2.05) is 38.1 Å². The number of hydrogen-bond donors (Lipinski definition) is 2. The van der Waals surface area contributed by atoms with Crippen molar-refractivity contribution in [1.29, 1.82) is 0 Å². The van der Waals surface area contributed by atoms with Crippen LogP contribution in [0.5, 0.6) is 0 Å². The number of nitrogens with zero attached hydrogens (tertiary/aromatic N) is 2. The van der Waals surface area contributed by atoms with Crippen molar-refractivity contribution in [3.05, 3.63) is 53.9 Å². The first-order valence-corrected chi connectivity index (χ1v) is 9.41. The van der Waals surface area contributed by atoms with E-state index in [0.29, 0.717) is 11.3 Å². The maximum Gasteiger partial charge on any atom is 0.270 e. The van der Waals surface area contributed by atoms with E-state index >= 15 is 0 Å². The summed E-state index contributed by atoms with van der Waals surface area (Å²) < 4.78 is 0. The zero-order valence-corrected chi connectivity index (χ0v) is 16.5. The molecule has 0 aliphatic heterocycles. The van der Waals surface area contributed by atoms with E-state index in [9.17, 15) is 9.59 Å². The first-order valence-electron chi connectivity index (χ1n) is 9.41. The van der Waals surface area contributed by atoms with Gasteiger partial charge in [0.1, 0.15) is 5.69 Å². The Morgan fingerprint density at radius 3 is 2.30 bits per heavy atom. The highest BCUT2D eigenvalue weighted by molar-refractivity contribution is 6.05. The number of hydrogen-bond acceptors (Lipinski definition) is 4. The summed E-state index contributed by atoms with van der Waals surface area (Å²) in [5, 5.41) is 5.71. The van der Waals surface area contributed by atoms with E-state index in [4.69, 9.17) is 0 Å². The normalized spacial score (nSPS) is 11.6. The molecule has 0 aliphatic rings. The fourth-order valence-corrected chi connectivity index (χ4v) is 2.64. The number of carbonyl (C=O) groups is 2. The molecule has 1 unspecified atom stereocenters. The smallest absolute Gasteiger partial charge is 0.270 e. The molecule has 1 atom stereocenters. The zero-order valence-electron chi connectivity index (χ0n) is 16.5. The van der Waals surface area contributed by atoms with Gasteiger partial charge in [-0.05, 0) is 63.6 Å². The average Bonchev–Trinajstić information content (AvgIpc) is 2.70. The minimum Gasteiger partial charge on any atom is -0.372 e. The lowest BCUT2D eigenvalue weighted by Crippen LogP contribution is -2.32. The highest BCUT2D eigenvalue weighted by atomic mass is 16.2. The van der Waals surface area contributed by atoms with Crippen molar-refractivity contribution in [2.75, 3.05) is 23.3 Å². The van der Waals surface area contributed by atoms with Gasteiger partial charge in [-0.2, -0.15) is 0 Å². The van der Waals surface area contributed by atoms with E-state index in [-0.39, 0.29) is 23.6 Å². The second-order valence-corrected chi connectivity index (χ2v) is 6.39. The Kier molecular flexibility index (Phi) is 7.34. The van der Waals surface area contributed by atoms with E-state index in [2.05, 4.69) is 34.4 Å². The van der Waals surface area contributed by atoms with E-state index in [0.717, 1.165) is 25.2 Å². The molecule has 6 heteroatoms. The predicted molar refractivity (Wildman–Crippen MR) is 109 cm³/mol. The first kappa shape index (κ1) is 20.4. The number of benzene rings is 1. The van der Waals surface area contributed by atoms with Crippen molar-refractivity contribution in [3.8, 4) is 0 Å². The lowest BCUT2D eigenvalue weighted by Gasteiger charge is -2.21. The third-order valence-electron chi connectivity index (χ3n) is 4.50. The molecule has 1 heterocycles. The van der Waals surface area contributed by atoms with Gasteiger partial charge in [-0.15, -0.1) is 0 Å². The fourth-order valence-electron chi connectivity index (χ4n) is 2.64. The van der Waals surface area contributed by atoms with Crippen LogP contribution in [0.25, 0.3) is 0 Å². The van der Waals surface area contributed by atoms with Crippen molar-refractivity contribution >= 4 is 23.2 Å². The van der Waals surface area contributed by atoms with E-state index < -0.39 is 0 Å². The van der Waals surface area contributed by atoms with Crippen LogP contribution in [0.3, 0.4) is 0 Å². The molecule has 6 nitrogen and oxygen atoms in total. The number of aromatic nitrogens is 1. The van der Waals surface area contributed by atoms with E-state index in [1.54, 1.807) is 6.07 Å².